The van der Waals surface area contributed by atoms with Gasteiger partial charge < -0.3 is 10.2 Å². The Morgan fingerprint density at radius 3 is 2.45 bits per heavy atom. The molecule has 0 fully saturated rings. The van der Waals surface area contributed by atoms with Gasteiger partial charge in [-0.1, -0.05) is 23.7 Å². The van der Waals surface area contributed by atoms with Crippen molar-refractivity contribution in [3.8, 4) is 0 Å². The third-order valence-corrected chi connectivity index (χ3v) is 3.38. The second kappa shape index (κ2) is 7.10. The molecule has 106 valence electrons. The number of halogens is 1. The van der Waals surface area contributed by atoms with Crippen LogP contribution in [0.5, 0.6) is 0 Å². The highest BCUT2D eigenvalue weighted by Gasteiger charge is 2.04. The number of benzene rings is 1. The first kappa shape index (κ1) is 14.6. The molecule has 0 spiro atoms. The largest absolute Gasteiger partial charge is 0.366 e. The molecular weight excluding hydrogens is 272 g/mol. The van der Waals surface area contributed by atoms with Crippen molar-refractivity contribution in [3.05, 3.63) is 47.2 Å². The average molecular weight is 291 g/mol. The maximum Gasteiger partial charge on any atom is 0.134 e. The first-order valence-electron chi connectivity index (χ1n) is 6.78. The Balaban J connectivity index is 2.02. The molecule has 0 aliphatic carbocycles. The van der Waals surface area contributed by atoms with Crippen LogP contribution in [0.4, 0.5) is 11.6 Å². The number of hydrogen-bond acceptors (Lipinski definition) is 4. The monoisotopic (exact) mass is 290 g/mol. The molecular formula is C15H19ClN4. The number of nitrogens with one attached hydrogen (secondary N) is 1. The predicted molar refractivity (Wildman–Crippen MR) is 84.4 cm³/mol. The summed E-state index contributed by atoms with van der Waals surface area (Å²) >= 11 is 5.87. The Hall–Kier alpha value is -1.81. The van der Waals surface area contributed by atoms with Crippen LogP contribution in [-0.2, 0) is 6.54 Å². The molecule has 0 atom stereocenters. The fourth-order valence-electron chi connectivity index (χ4n) is 1.96. The zero-order chi connectivity index (χ0) is 14.4. The summed E-state index contributed by atoms with van der Waals surface area (Å²) in [6.45, 7) is 6.82. The summed E-state index contributed by atoms with van der Waals surface area (Å²) in [5.41, 5.74) is 1.16. The lowest BCUT2D eigenvalue weighted by molar-refractivity contribution is 0.841. The van der Waals surface area contributed by atoms with E-state index in [4.69, 9.17) is 11.6 Å². The molecule has 1 heterocycles. The minimum atomic E-state index is 0.714. The van der Waals surface area contributed by atoms with Gasteiger partial charge in [-0.05, 0) is 31.5 Å². The minimum absolute atomic E-state index is 0.714. The zero-order valence-corrected chi connectivity index (χ0v) is 12.6. The third-order valence-electron chi connectivity index (χ3n) is 3.13. The van der Waals surface area contributed by atoms with E-state index in [1.807, 2.05) is 30.3 Å². The van der Waals surface area contributed by atoms with E-state index >= 15 is 0 Å². The normalized spacial score (nSPS) is 10.3. The molecule has 0 aliphatic heterocycles. The van der Waals surface area contributed by atoms with Gasteiger partial charge in [-0.3, -0.25) is 0 Å². The number of anilines is 2. The van der Waals surface area contributed by atoms with Gasteiger partial charge >= 0.3 is 0 Å². The molecule has 0 radical (unpaired) electrons. The van der Waals surface area contributed by atoms with E-state index in [-0.39, 0.29) is 0 Å². The van der Waals surface area contributed by atoms with E-state index in [0.29, 0.717) is 6.54 Å². The molecule has 20 heavy (non-hydrogen) atoms. The zero-order valence-electron chi connectivity index (χ0n) is 11.8. The Morgan fingerprint density at radius 1 is 1.10 bits per heavy atom. The number of nitrogens with zero attached hydrogens (tertiary/aromatic N) is 3. The lowest BCUT2D eigenvalue weighted by Crippen LogP contribution is -2.23. The first-order chi connectivity index (χ1) is 9.72. The Kier molecular flexibility index (Phi) is 5.18. The van der Waals surface area contributed by atoms with E-state index in [9.17, 15) is 0 Å². The highest BCUT2D eigenvalue weighted by molar-refractivity contribution is 6.30. The van der Waals surface area contributed by atoms with Crippen LogP contribution in [0.15, 0.2) is 36.7 Å². The lowest BCUT2D eigenvalue weighted by atomic mass is 10.2. The molecule has 0 aliphatic rings. The van der Waals surface area contributed by atoms with Crippen LogP contribution < -0.4 is 10.2 Å². The second-order valence-corrected chi connectivity index (χ2v) is 4.85. The highest BCUT2D eigenvalue weighted by Crippen LogP contribution is 2.15. The van der Waals surface area contributed by atoms with Crippen LogP contribution in [0.2, 0.25) is 5.02 Å². The summed E-state index contributed by atoms with van der Waals surface area (Å²) in [6.07, 6.45) is 1.60. The Bertz CT molecular complexity index is 538. The first-order valence-corrected chi connectivity index (χ1v) is 7.16. The van der Waals surface area contributed by atoms with Crippen LogP contribution >= 0.6 is 11.6 Å². The van der Waals surface area contributed by atoms with Gasteiger partial charge in [-0.15, -0.1) is 0 Å². The second-order valence-electron chi connectivity index (χ2n) is 4.41. The van der Waals surface area contributed by atoms with Crippen molar-refractivity contribution in [2.45, 2.75) is 20.4 Å². The molecule has 4 nitrogen and oxygen atoms in total. The lowest BCUT2D eigenvalue weighted by Gasteiger charge is -2.19. The third kappa shape index (κ3) is 3.84. The fourth-order valence-corrected chi connectivity index (χ4v) is 2.09. The molecule has 5 heteroatoms. The molecule has 0 saturated heterocycles. The van der Waals surface area contributed by atoms with Crippen molar-refractivity contribution >= 4 is 23.2 Å². The van der Waals surface area contributed by atoms with E-state index in [1.54, 1.807) is 6.33 Å². The molecule has 0 saturated carbocycles. The highest BCUT2D eigenvalue weighted by atomic mass is 35.5. The van der Waals surface area contributed by atoms with Crippen molar-refractivity contribution in [1.82, 2.24) is 9.97 Å². The smallest absolute Gasteiger partial charge is 0.134 e. The van der Waals surface area contributed by atoms with E-state index in [1.165, 1.54) is 0 Å². The molecule has 2 rings (SSSR count). The molecule has 1 aromatic carbocycles. The molecule has 2 aromatic rings. The summed E-state index contributed by atoms with van der Waals surface area (Å²) in [4.78, 5) is 10.7. The molecule has 1 aromatic heterocycles. The standard InChI is InChI=1S/C15H19ClN4/c1-3-20(4-2)15-9-14(18-11-19-15)17-10-12-5-7-13(16)8-6-12/h5-9,11H,3-4,10H2,1-2H3,(H,17,18,19). The Labute approximate surface area is 124 Å². The van der Waals surface area contributed by atoms with Crippen LogP contribution in [0.1, 0.15) is 19.4 Å². The number of hydrogen-bond donors (Lipinski definition) is 1. The summed E-state index contributed by atoms with van der Waals surface area (Å²) in [5.74, 6) is 1.78. The van der Waals surface area contributed by atoms with Crippen molar-refractivity contribution in [2.75, 3.05) is 23.3 Å². The summed E-state index contributed by atoms with van der Waals surface area (Å²) in [7, 11) is 0. The maximum atomic E-state index is 5.87. The predicted octanol–water partition coefficient (Wildman–Crippen LogP) is 3.59. The summed E-state index contributed by atoms with van der Waals surface area (Å²) in [5, 5.41) is 4.05. The van der Waals surface area contributed by atoms with Gasteiger partial charge in [0.15, 0.2) is 0 Å². The molecule has 0 amide bonds. The van der Waals surface area contributed by atoms with Crippen molar-refractivity contribution in [1.29, 1.82) is 0 Å². The van der Waals surface area contributed by atoms with Crippen LogP contribution in [0.3, 0.4) is 0 Å². The molecule has 0 unspecified atom stereocenters. The van der Waals surface area contributed by atoms with Crippen LogP contribution in [-0.4, -0.2) is 23.1 Å². The van der Waals surface area contributed by atoms with E-state index in [0.717, 1.165) is 35.3 Å². The topological polar surface area (TPSA) is 41.0 Å². The maximum absolute atomic E-state index is 5.87. The van der Waals surface area contributed by atoms with Gasteiger partial charge in [0.2, 0.25) is 0 Å². The summed E-state index contributed by atoms with van der Waals surface area (Å²) in [6, 6.07) is 9.76. The van der Waals surface area contributed by atoms with Crippen molar-refractivity contribution in [2.24, 2.45) is 0 Å². The van der Waals surface area contributed by atoms with Crippen LogP contribution in [0.25, 0.3) is 0 Å². The SMILES string of the molecule is CCN(CC)c1cc(NCc2ccc(Cl)cc2)ncn1. The van der Waals surface area contributed by atoms with E-state index in [2.05, 4.69) is 34.0 Å². The quantitative estimate of drug-likeness (QED) is 0.883. The van der Waals surface area contributed by atoms with Crippen LogP contribution in [0, 0.1) is 0 Å². The van der Waals surface area contributed by atoms with Gasteiger partial charge in [-0.25, -0.2) is 9.97 Å². The summed E-state index contributed by atoms with van der Waals surface area (Å²) < 4.78 is 0. The van der Waals surface area contributed by atoms with Crippen molar-refractivity contribution in [3.63, 3.8) is 0 Å². The average Bonchev–Trinajstić information content (AvgIpc) is 2.48. The van der Waals surface area contributed by atoms with E-state index < -0.39 is 0 Å². The fraction of sp³-hybridized carbons (Fsp3) is 0.333. The van der Waals surface area contributed by atoms with Gasteiger partial charge in [0, 0.05) is 30.7 Å². The van der Waals surface area contributed by atoms with Gasteiger partial charge in [0.25, 0.3) is 0 Å². The minimum Gasteiger partial charge on any atom is -0.366 e. The number of aromatic nitrogens is 2. The number of rotatable bonds is 6. The van der Waals surface area contributed by atoms with Gasteiger partial charge in [0.05, 0.1) is 0 Å². The molecule has 0 bridgehead atoms. The van der Waals surface area contributed by atoms with Gasteiger partial charge in [0.1, 0.15) is 18.0 Å². The Morgan fingerprint density at radius 2 is 1.80 bits per heavy atom. The molecule has 1 N–H and O–H groups in total. The van der Waals surface area contributed by atoms with Gasteiger partial charge in [-0.2, -0.15) is 0 Å². The van der Waals surface area contributed by atoms with Crippen molar-refractivity contribution < 1.29 is 0 Å².